The third-order valence-electron chi connectivity index (χ3n) is 19.7. The van der Waals surface area contributed by atoms with Crippen LogP contribution >= 0.6 is 15.6 Å². The molecule has 0 bridgehead atoms. The summed E-state index contributed by atoms with van der Waals surface area (Å²) in [5.74, 6) is 0.341. The Morgan fingerprint density at radius 3 is 0.745 bits per heavy atom. The summed E-state index contributed by atoms with van der Waals surface area (Å²) in [4.78, 5) is 72.9. The zero-order valence-corrected chi connectivity index (χ0v) is 68.9. The van der Waals surface area contributed by atoms with Gasteiger partial charge in [0.2, 0.25) is 0 Å². The number of esters is 4. The summed E-state index contributed by atoms with van der Waals surface area (Å²) < 4.78 is 68.7. The van der Waals surface area contributed by atoms with Crippen LogP contribution in [-0.4, -0.2) is 96.7 Å². The van der Waals surface area contributed by atoms with E-state index in [0.29, 0.717) is 25.7 Å². The van der Waals surface area contributed by atoms with Gasteiger partial charge in [0.15, 0.2) is 12.2 Å². The molecule has 0 radical (unpaired) electrons. The maximum atomic E-state index is 13.1. The highest BCUT2D eigenvalue weighted by Crippen LogP contribution is 2.45. The summed E-state index contributed by atoms with van der Waals surface area (Å²) in [6.07, 6.45) is 62.6. The van der Waals surface area contributed by atoms with Crippen LogP contribution in [0, 0.1) is 17.8 Å². The van der Waals surface area contributed by atoms with Gasteiger partial charge in [-0.1, -0.05) is 382 Å². The lowest BCUT2D eigenvalue weighted by molar-refractivity contribution is -0.161. The number of phosphoric ester groups is 2. The lowest BCUT2D eigenvalue weighted by Gasteiger charge is -2.21. The van der Waals surface area contributed by atoms with Crippen molar-refractivity contribution in [1.29, 1.82) is 0 Å². The van der Waals surface area contributed by atoms with Crippen LogP contribution in [0.25, 0.3) is 0 Å². The molecule has 606 valence electrons. The number of phosphoric acid groups is 2. The van der Waals surface area contributed by atoms with Gasteiger partial charge in [0, 0.05) is 25.7 Å². The molecule has 0 fully saturated rings. The molecule has 0 aliphatic carbocycles. The lowest BCUT2D eigenvalue weighted by atomic mass is 9.99. The molecule has 0 aromatic rings. The maximum absolute atomic E-state index is 13.1. The quantitative estimate of drug-likeness (QED) is 0.0222. The Bertz CT molecular complexity index is 1980. The smallest absolute Gasteiger partial charge is 0.462 e. The topological polar surface area (TPSA) is 237 Å². The van der Waals surface area contributed by atoms with Crippen molar-refractivity contribution in [1.82, 2.24) is 0 Å². The first kappa shape index (κ1) is 100. The zero-order valence-electron chi connectivity index (χ0n) is 67.1. The molecule has 102 heavy (non-hydrogen) atoms. The first-order valence-corrected chi connectivity index (χ1v) is 45.9. The number of hydrogen-bond donors (Lipinski definition) is 3. The van der Waals surface area contributed by atoms with Crippen LogP contribution in [0.3, 0.4) is 0 Å². The Labute approximate surface area is 626 Å². The van der Waals surface area contributed by atoms with E-state index in [0.717, 1.165) is 120 Å². The third kappa shape index (κ3) is 74.9. The van der Waals surface area contributed by atoms with Crippen LogP contribution in [0.5, 0.6) is 0 Å². The summed E-state index contributed by atoms with van der Waals surface area (Å²) in [5.41, 5.74) is 0. The molecule has 0 aromatic carbocycles. The molecule has 0 aliphatic rings. The van der Waals surface area contributed by atoms with Crippen LogP contribution in [0.1, 0.15) is 434 Å². The highest BCUT2D eigenvalue weighted by atomic mass is 31.2. The third-order valence-corrected chi connectivity index (χ3v) is 21.6. The van der Waals surface area contributed by atoms with E-state index in [9.17, 15) is 43.2 Å². The monoisotopic (exact) mass is 1490 g/mol. The number of aliphatic hydroxyl groups excluding tert-OH is 1. The van der Waals surface area contributed by atoms with Gasteiger partial charge in [-0.15, -0.1) is 0 Å². The van der Waals surface area contributed by atoms with E-state index in [4.69, 9.17) is 37.0 Å². The number of hydrogen-bond acceptors (Lipinski definition) is 15. The minimum absolute atomic E-state index is 0.107. The summed E-state index contributed by atoms with van der Waals surface area (Å²) in [6.45, 7) is 12.0. The second-order valence-corrected chi connectivity index (χ2v) is 34.0. The van der Waals surface area contributed by atoms with Gasteiger partial charge < -0.3 is 33.8 Å². The van der Waals surface area contributed by atoms with Crippen LogP contribution in [0.15, 0.2) is 0 Å². The standard InChI is InChI=1S/C83H162O17P2/c1-8-10-11-12-40-50-57-64-80(85)93-70-78(99-82(87)67-60-53-46-39-33-27-26-29-35-42-48-55-62-75(5)6)72-97-101(89,90)95-68-77(84)69-96-102(91,92)98-73-79(71-94-81(86)65-58-51-44-37-31-24-21-17-18-22-28-34-41-47-54-61-74(3)4)100-83(88)66-59-52-45-38-32-25-20-16-14-13-15-19-23-30-36-43-49-56-63-76(7)9-2/h74-79,84H,8-73H2,1-7H3,(H,89,90)(H,91,92)/t76?,77-,78+,79+/m0/s1. The van der Waals surface area contributed by atoms with Gasteiger partial charge >= 0.3 is 39.5 Å². The fourth-order valence-corrected chi connectivity index (χ4v) is 14.4. The average Bonchev–Trinajstić information content (AvgIpc) is 0.923. The fraction of sp³-hybridized carbons (Fsp3) is 0.952. The van der Waals surface area contributed by atoms with E-state index in [1.807, 2.05) is 0 Å². The Kier molecular flexibility index (Phi) is 71.8. The zero-order chi connectivity index (χ0) is 75.1. The van der Waals surface area contributed by atoms with Crippen molar-refractivity contribution in [3.63, 3.8) is 0 Å². The number of aliphatic hydroxyl groups is 1. The van der Waals surface area contributed by atoms with Crippen LogP contribution in [0.4, 0.5) is 0 Å². The van der Waals surface area contributed by atoms with E-state index in [2.05, 4.69) is 48.5 Å². The number of carbonyl (C=O) groups excluding carboxylic acids is 4. The average molecular weight is 1490 g/mol. The molecule has 3 unspecified atom stereocenters. The molecule has 0 spiro atoms. The second-order valence-electron chi connectivity index (χ2n) is 31.1. The van der Waals surface area contributed by atoms with Crippen molar-refractivity contribution < 1.29 is 80.2 Å². The molecule has 0 saturated carbocycles. The molecule has 3 N–H and O–H groups in total. The Morgan fingerprint density at radius 1 is 0.284 bits per heavy atom. The summed E-state index contributed by atoms with van der Waals surface area (Å²) >= 11 is 0. The van der Waals surface area contributed by atoms with E-state index < -0.39 is 97.5 Å². The minimum atomic E-state index is -4.96. The van der Waals surface area contributed by atoms with Gasteiger partial charge in [-0.3, -0.25) is 37.3 Å². The fourth-order valence-electron chi connectivity index (χ4n) is 12.8. The minimum Gasteiger partial charge on any atom is -0.462 e. The molecule has 17 nitrogen and oxygen atoms in total. The Balaban J connectivity index is 5.17. The van der Waals surface area contributed by atoms with E-state index >= 15 is 0 Å². The largest absolute Gasteiger partial charge is 0.472 e. The highest BCUT2D eigenvalue weighted by Gasteiger charge is 2.30. The second kappa shape index (κ2) is 73.2. The molecular formula is C83H162O17P2. The Hall–Kier alpha value is -1.94. The predicted molar refractivity (Wildman–Crippen MR) is 418 cm³/mol. The molecule has 0 aliphatic heterocycles. The van der Waals surface area contributed by atoms with Gasteiger partial charge in [0.25, 0.3) is 0 Å². The predicted octanol–water partition coefficient (Wildman–Crippen LogP) is 24.9. The SMILES string of the molecule is CCCCCCCCCC(=O)OC[C@H](COP(=O)(O)OC[C@H](O)COP(=O)(O)OC[C@@H](COC(=O)CCCCCCCCCCCCCCCCCC(C)C)OC(=O)CCCCCCCCCCCCCCCCCCCCC(C)CC)OC(=O)CCCCCCCCCCCCCCC(C)C. The summed E-state index contributed by atoms with van der Waals surface area (Å²) in [7, 11) is -9.92. The first-order valence-electron chi connectivity index (χ1n) is 42.9. The summed E-state index contributed by atoms with van der Waals surface area (Å²) in [5, 5.41) is 10.6. The van der Waals surface area contributed by atoms with Gasteiger partial charge in [0.1, 0.15) is 19.3 Å². The number of ether oxygens (including phenoxy) is 4. The molecule has 0 aromatic heterocycles. The Morgan fingerprint density at radius 2 is 0.500 bits per heavy atom. The van der Waals surface area contributed by atoms with E-state index in [-0.39, 0.29) is 25.7 Å². The van der Waals surface area contributed by atoms with E-state index in [1.54, 1.807) is 0 Å². The van der Waals surface area contributed by atoms with Crippen molar-refractivity contribution in [3.8, 4) is 0 Å². The van der Waals surface area contributed by atoms with Crippen molar-refractivity contribution in [2.45, 2.75) is 452 Å². The molecule has 0 saturated heterocycles. The van der Waals surface area contributed by atoms with Gasteiger partial charge in [0.05, 0.1) is 26.4 Å². The summed E-state index contributed by atoms with van der Waals surface area (Å²) in [6, 6.07) is 0. The van der Waals surface area contributed by atoms with Crippen LogP contribution in [-0.2, 0) is 65.4 Å². The van der Waals surface area contributed by atoms with E-state index in [1.165, 1.54) is 231 Å². The highest BCUT2D eigenvalue weighted by molar-refractivity contribution is 7.47. The normalized spacial score (nSPS) is 14.2. The van der Waals surface area contributed by atoms with Crippen LogP contribution in [0.2, 0.25) is 0 Å². The molecule has 6 atom stereocenters. The first-order chi connectivity index (χ1) is 49.3. The van der Waals surface area contributed by atoms with Gasteiger partial charge in [-0.25, -0.2) is 9.13 Å². The van der Waals surface area contributed by atoms with Crippen molar-refractivity contribution in [2.75, 3.05) is 39.6 Å². The van der Waals surface area contributed by atoms with Crippen molar-refractivity contribution in [2.24, 2.45) is 17.8 Å². The molecule has 0 rings (SSSR count). The van der Waals surface area contributed by atoms with Crippen LogP contribution < -0.4 is 0 Å². The van der Waals surface area contributed by atoms with Gasteiger partial charge in [-0.2, -0.15) is 0 Å². The maximum Gasteiger partial charge on any atom is 0.472 e. The molecule has 19 heteroatoms. The molecule has 0 amide bonds. The number of carbonyl (C=O) groups is 4. The number of unbranched alkanes of at least 4 members (excludes halogenated alkanes) is 48. The van der Waals surface area contributed by atoms with Gasteiger partial charge in [-0.05, 0) is 43.4 Å². The molecular weight excluding hydrogens is 1330 g/mol. The van der Waals surface area contributed by atoms with Crippen molar-refractivity contribution in [3.05, 3.63) is 0 Å². The van der Waals surface area contributed by atoms with Crippen molar-refractivity contribution >= 4 is 39.5 Å². The lowest BCUT2D eigenvalue weighted by Crippen LogP contribution is -2.30. The molecule has 0 heterocycles. The number of rotatable bonds is 81.